The van der Waals surface area contributed by atoms with Gasteiger partial charge in [0.25, 0.3) is 0 Å². The number of aromatic hydroxyl groups is 1. The van der Waals surface area contributed by atoms with Crippen LogP contribution in [0.2, 0.25) is 0 Å². The van der Waals surface area contributed by atoms with Crippen LogP contribution in [0.4, 0.5) is 17.1 Å². The van der Waals surface area contributed by atoms with E-state index in [2.05, 4.69) is 270 Å². The summed E-state index contributed by atoms with van der Waals surface area (Å²) in [4.78, 5) is 13.0. The molecule has 0 fully saturated rings. The summed E-state index contributed by atoms with van der Waals surface area (Å²) in [6.45, 7) is 20.4. The number of phenolic OH excluding ortho intramolecular Hbond substituents is 1. The lowest BCUT2D eigenvalue weighted by Crippen LogP contribution is -2.17. The molecule has 0 saturated heterocycles. The number of hydrogen-bond donors (Lipinski definition) is 1. The number of phenols is 1. The average molecular weight is 1020 g/mol. The molecule has 9 aromatic carbocycles. The second-order valence-electron chi connectivity index (χ2n) is 23.8. The summed E-state index contributed by atoms with van der Waals surface area (Å²) in [5, 5.41) is 13.9. The fourth-order valence-corrected chi connectivity index (χ4v) is 11.1. The molecule has 12 aromatic rings. The molecule has 0 aliphatic heterocycles. The number of aromatic nitrogens is 4. The highest BCUT2D eigenvalue weighted by molar-refractivity contribution is 6.16. The first-order chi connectivity index (χ1) is 37.5. The maximum absolute atomic E-state index is 11.5. The summed E-state index contributed by atoms with van der Waals surface area (Å²) in [6.07, 6.45) is 1.95. The summed E-state index contributed by atoms with van der Waals surface area (Å²) in [5.41, 5.74) is 19.6. The van der Waals surface area contributed by atoms with Crippen LogP contribution >= 0.6 is 0 Å². The number of anilines is 3. The third kappa shape index (κ3) is 9.11. The SMILES string of the molecule is CC(C)(C)c1cc(-c2cc(-c3cccc4c3c3ccccc3n4-c3cccc(N(c4ccccc4)c4ccccc4)c3)ccn2)cc(-c2cccc3c2nc(-c2ccccc2O)n3-c2cc(C(C)(C)C)cc(C(C)(C)C)c2)c1. The van der Waals surface area contributed by atoms with Gasteiger partial charge in [-0.3, -0.25) is 9.55 Å². The molecule has 6 heteroatoms. The fraction of sp³-hybridized carbons (Fsp3) is 0.167. The van der Waals surface area contributed by atoms with Crippen molar-refractivity contribution < 1.29 is 5.11 Å². The van der Waals surface area contributed by atoms with Crippen molar-refractivity contribution in [2.45, 2.75) is 78.6 Å². The second-order valence-corrected chi connectivity index (χ2v) is 23.8. The van der Waals surface area contributed by atoms with Crippen molar-refractivity contribution in [3.05, 3.63) is 241 Å². The maximum Gasteiger partial charge on any atom is 0.149 e. The monoisotopic (exact) mass is 1020 g/mol. The van der Waals surface area contributed by atoms with E-state index >= 15 is 0 Å². The summed E-state index contributed by atoms with van der Waals surface area (Å²) >= 11 is 0. The van der Waals surface area contributed by atoms with E-state index < -0.39 is 0 Å². The summed E-state index contributed by atoms with van der Waals surface area (Å²) in [7, 11) is 0. The summed E-state index contributed by atoms with van der Waals surface area (Å²) < 4.78 is 4.65. The quantitative estimate of drug-likeness (QED) is 0.157. The van der Waals surface area contributed by atoms with Gasteiger partial charge in [0.05, 0.1) is 33.3 Å². The Hall–Kier alpha value is -9.00. The van der Waals surface area contributed by atoms with Crippen LogP contribution in [0.15, 0.2) is 225 Å². The molecule has 0 radical (unpaired) electrons. The number of hydrogen-bond acceptors (Lipinski definition) is 4. The molecule has 0 spiro atoms. The molecule has 0 aliphatic carbocycles. The molecule has 0 aliphatic rings. The van der Waals surface area contributed by atoms with E-state index in [1.54, 1.807) is 6.07 Å². The van der Waals surface area contributed by atoms with Crippen LogP contribution in [0, 0.1) is 0 Å². The highest BCUT2D eigenvalue weighted by atomic mass is 16.3. The van der Waals surface area contributed by atoms with Gasteiger partial charge in [0.1, 0.15) is 11.6 Å². The topological polar surface area (TPSA) is 59.1 Å². The van der Waals surface area contributed by atoms with Crippen LogP contribution in [-0.2, 0) is 16.2 Å². The number of para-hydroxylation sites is 5. The van der Waals surface area contributed by atoms with E-state index in [1.165, 1.54) is 27.5 Å². The Morgan fingerprint density at radius 3 is 1.63 bits per heavy atom. The Bertz CT molecular complexity index is 4150. The number of nitrogens with zero attached hydrogens (tertiary/aromatic N) is 5. The first-order valence-corrected chi connectivity index (χ1v) is 27.1. The summed E-state index contributed by atoms with van der Waals surface area (Å²) in [6, 6.07) is 77.7. The van der Waals surface area contributed by atoms with Gasteiger partial charge in [-0.15, -0.1) is 0 Å². The second kappa shape index (κ2) is 19.2. The minimum atomic E-state index is -0.183. The van der Waals surface area contributed by atoms with E-state index in [9.17, 15) is 5.11 Å². The van der Waals surface area contributed by atoms with Crippen molar-refractivity contribution in [3.63, 3.8) is 0 Å². The minimum absolute atomic E-state index is 0.103. The molecule has 78 heavy (non-hydrogen) atoms. The third-order valence-electron chi connectivity index (χ3n) is 15.3. The maximum atomic E-state index is 11.5. The van der Waals surface area contributed by atoms with Gasteiger partial charge >= 0.3 is 0 Å². The van der Waals surface area contributed by atoms with E-state index in [0.29, 0.717) is 11.4 Å². The van der Waals surface area contributed by atoms with Gasteiger partial charge in [-0.25, -0.2) is 4.98 Å². The van der Waals surface area contributed by atoms with Crippen LogP contribution in [-0.4, -0.2) is 24.2 Å². The highest BCUT2D eigenvalue weighted by Crippen LogP contribution is 2.44. The average Bonchev–Trinajstić information content (AvgIpc) is 4.24. The van der Waals surface area contributed by atoms with Crippen LogP contribution < -0.4 is 4.90 Å². The van der Waals surface area contributed by atoms with Gasteiger partial charge in [0, 0.05) is 56.5 Å². The Labute approximate surface area is 458 Å². The van der Waals surface area contributed by atoms with Crippen molar-refractivity contribution >= 4 is 49.9 Å². The van der Waals surface area contributed by atoms with E-state index in [-0.39, 0.29) is 22.0 Å². The lowest BCUT2D eigenvalue weighted by molar-refractivity contribution is 0.477. The van der Waals surface area contributed by atoms with Crippen molar-refractivity contribution in [2.75, 3.05) is 4.90 Å². The van der Waals surface area contributed by atoms with Gasteiger partial charge in [0.2, 0.25) is 0 Å². The van der Waals surface area contributed by atoms with Gasteiger partial charge in [0.15, 0.2) is 0 Å². The zero-order chi connectivity index (χ0) is 54.1. The predicted octanol–water partition coefficient (Wildman–Crippen LogP) is 19.3. The van der Waals surface area contributed by atoms with Gasteiger partial charge < -0.3 is 14.6 Å². The van der Waals surface area contributed by atoms with Crippen LogP contribution in [0.1, 0.15) is 79.0 Å². The number of benzene rings is 9. The van der Waals surface area contributed by atoms with Crippen LogP contribution in [0.3, 0.4) is 0 Å². The first kappa shape index (κ1) is 49.9. The van der Waals surface area contributed by atoms with Gasteiger partial charge in [-0.1, -0.05) is 172 Å². The fourth-order valence-electron chi connectivity index (χ4n) is 11.1. The molecule has 0 bridgehead atoms. The Morgan fingerprint density at radius 2 is 0.949 bits per heavy atom. The summed E-state index contributed by atoms with van der Waals surface area (Å²) in [5.74, 6) is 0.873. The highest BCUT2D eigenvalue weighted by Gasteiger charge is 2.27. The molecule has 0 atom stereocenters. The third-order valence-corrected chi connectivity index (χ3v) is 15.3. The normalized spacial score (nSPS) is 12.2. The zero-order valence-corrected chi connectivity index (χ0v) is 46.0. The molecular weight excluding hydrogens is 951 g/mol. The van der Waals surface area contributed by atoms with Gasteiger partial charge in [-0.05, 0) is 159 Å². The molecule has 0 amide bonds. The van der Waals surface area contributed by atoms with Crippen molar-refractivity contribution in [1.29, 1.82) is 0 Å². The van der Waals surface area contributed by atoms with Gasteiger partial charge in [-0.2, -0.15) is 0 Å². The molecule has 1 N–H and O–H groups in total. The predicted molar refractivity (Wildman–Crippen MR) is 327 cm³/mol. The van der Waals surface area contributed by atoms with E-state index in [4.69, 9.17) is 9.97 Å². The molecule has 6 nitrogen and oxygen atoms in total. The van der Waals surface area contributed by atoms with Crippen molar-refractivity contribution in [3.8, 4) is 62.0 Å². The first-order valence-electron chi connectivity index (χ1n) is 27.1. The Balaban J connectivity index is 1.01. The van der Waals surface area contributed by atoms with Crippen LogP contribution in [0.25, 0.3) is 89.1 Å². The molecule has 3 aromatic heterocycles. The molecule has 12 rings (SSSR count). The number of rotatable bonds is 9. The molecule has 3 heterocycles. The van der Waals surface area contributed by atoms with Crippen LogP contribution in [0.5, 0.6) is 5.75 Å². The van der Waals surface area contributed by atoms with E-state index in [1.807, 2.05) is 24.4 Å². The number of fused-ring (bicyclic) bond motifs is 4. The lowest BCUT2D eigenvalue weighted by atomic mass is 9.80. The number of pyridine rings is 1. The largest absolute Gasteiger partial charge is 0.507 e. The van der Waals surface area contributed by atoms with Crippen molar-refractivity contribution in [2.24, 2.45) is 0 Å². The smallest absolute Gasteiger partial charge is 0.149 e. The molecule has 0 saturated carbocycles. The van der Waals surface area contributed by atoms with E-state index in [0.717, 1.165) is 84.0 Å². The minimum Gasteiger partial charge on any atom is -0.507 e. The Kier molecular flexibility index (Phi) is 12.3. The standard InChI is InChI=1S/C72H65N5O/c1-70(2,3)50-40-48(59-32-22-35-65-68(59)74-69(61-30-17-19-36-66(61)78)77(65)57-44-51(71(4,5)6)43-52(45-57)72(7,8)9)39-49(41-50)62-42-47(37-38-73-62)58-31-21-34-64-67(58)60-29-16-18-33-63(60)76(64)56-28-20-27-55(46-56)75(53-23-12-10-13-24-53)54-25-14-11-15-26-54/h10-46,78H,1-9H3. The zero-order valence-electron chi connectivity index (χ0n) is 46.0. The molecule has 384 valence electrons. The van der Waals surface area contributed by atoms with Crippen molar-refractivity contribution in [1.82, 2.24) is 19.1 Å². The number of imidazole rings is 1. The molecule has 0 unspecified atom stereocenters. The lowest BCUT2D eigenvalue weighted by Gasteiger charge is -2.27. The Morgan fingerprint density at radius 1 is 0.397 bits per heavy atom. The molecular formula is C72H65N5O.